The fourth-order valence-electron chi connectivity index (χ4n) is 2.99. The van der Waals surface area contributed by atoms with Gasteiger partial charge in [-0.1, -0.05) is 6.07 Å². The molecule has 0 unspecified atom stereocenters. The number of benzene rings is 1. The van der Waals surface area contributed by atoms with Crippen molar-refractivity contribution in [3.63, 3.8) is 0 Å². The molecule has 3 heteroatoms. The van der Waals surface area contributed by atoms with Gasteiger partial charge in [0, 0.05) is 12.0 Å². The van der Waals surface area contributed by atoms with Gasteiger partial charge in [-0.15, -0.1) is 0 Å². The van der Waals surface area contributed by atoms with E-state index >= 15 is 0 Å². The van der Waals surface area contributed by atoms with Crippen molar-refractivity contribution in [3.8, 4) is 5.75 Å². The number of hydrogen-bond donors (Lipinski definition) is 1. The lowest BCUT2D eigenvalue weighted by Gasteiger charge is -2.26. The molecule has 0 heterocycles. The van der Waals surface area contributed by atoms with Crippen molar-refractivity contribution in [2.75, 3.05) is 7.11 Å². The summed E-state index contributed by atoms with van der Waals surface area (Å²) in [4.78, 5) is 12.7. The molecule has 1 aromatic rings. The van der Waals surface area contributed by atoms with Crippen LogP contribution in [-0.4, -0.2) is 18.9 Å². The lowest BCUT2D eigenvalue weighted by Crippen LogP contribution is -2.30. The molecule has 0 aromatic heterocycles. The monoisotopic (exact) mass is 261 g/mol. The van der Waals surface area contributed by atoms with Gasteiger partial charge >= 0.3 is 0 Å². The highest BCUT2D eigenvalue weighted by molar-refractivity contribution is 6.01. The summed E-state index contributed by atoms with van der Waals surface area (Å²) in [6, 6.07) is 4.25. The summed E-state index contributed by atoms with van der Waals surface area (Å²) in [5.41, 5.74) is 8.80. The van der Waals surface area contributed by atoms with Crippen LogP contribution in [0.15, 0.2) is 12.1 Å². The van der Waals surface area contributed by atoms with Crippen LogP contribution in [0.3, 0.4) is 0 Å². The maximum Gasteiger partial charge on any atom is 0.169 e. The van der Waals surface area contributed by atoms with Gasteiger partial charge in [0.1, 0.15) is 5.75 Å². The molecule has 0 amide bonds. The van der Waals surface area contributed by atoms with Crippen LogP contribution in [0.25, 0.3) is 0 Å². The van der Waals surface area contributed by atoms with Crippen molar-refractivity contribution in [2.45, 2.75) is 45.6 Å². The molecule has 2 N–H and O–H groups in total. The Kier molecular flexibility index (Phi) is 4.25. The number of Topliss-reactive ketones (excluding diaryl/α,β-unsaturated/α-hetero) is 1. The van der Waals surface area contributed by atoms with Crippen molar-refractivity contribution in [1.82, 2.24) is 0 Å². The van der Waals surface area contributed by atoms with Gasteiger partial charge in [0.2, 0.25) is 0 Å². The Morgan fingerprint density at radius 2 is 1.84 bits per heavy atom. The Hall–Kier alpha value is -1.35. The molecule has 1 aliphatic carbocycles. The van der Waals surface area contributed by atoms with Gasteiger partial charge in [-0.25, -0.2) is 0 Å². The maximum atomic E-state index is 12.7. The van der Waals surface area contributed by atoms with E-state index in [2.05, 4.69) is 0 Å². The van der Waals surface area contributed by atoms with Crippen LogP contribution in [-0.2, 0) is 0 Å². The molecule has 0 atom stereocenters. The van der Waals surface area contributed by atoms with Crippen molar-refractivity contribution in [1.29, 1.82) is 0 Å². The Balaban J connectivity index is 2.28. The molecule has 104 valence electrons. The summed E-state index contributed by atoms with van der Waals surface area (Å²) in [6.45, 7) is 4.00. The van der Waals surface area contributed by atoms with Crippen LogP contribution in [0, 0.1) is 19.8 Å². The van der Waals surface area contributed by atoms with E-state index in [9.17, 15) is 4.79 Å². The first kappa shape index (κ1) is 14.1. The number of carbonyl (C=O) groups is 1. The molecule has 0 saturated heterocycles. The van der Waals surface area contributed by atoms with Crippen LogP contribution >= 0.6 is 0 Å². The molecule has 0 spiro atoms. The zero-order valence-electron chi connectivity index (χ0n) is 12.0. The molecule has 19 heavy (non-hydrogen) atoms. The third-order valence-electron chi connectivity index (χ3n) is 4.05. The lowest BCUT2D eigenvalue weighted by molar-refractivity contribution is 0.0881. The predicted octanol–water partition coefficient (Wildman–Crippen LogP) is 3.01. The van der Waals surface area contributed by atoms with E-state index in [-0.39, 0.29) is 17.7 Å². The second-order valence-electron chi connectivity index (χ2n) is 5.64. The van der Waals surface area contributed by atoms with Crippen molar-refractivity contribution in [2.24, 2.45) is 11.7 Å². The average Bonchev–Trinajstić information content (AvgIpc) is 2.38. The van der Waals surface area contributed by atoms with Crippen LogP contribution in [0.1, 0.15) is 47.2 Å². The second-order valence-corrected chi connectivity index (χ2v) is 5.64. The molecule has 1 saturated carbocycles. The Morgan fingerprint density at radius 3 is 2.42 bits per heavy atom. The number of ether oxygens (including phenoxy) is 1. The van der Waals surface area contributed by atoms with Gasteiger partial charge in [-0.05, 0) is 56.7 Å². The SMILES string of the molecule is COc1cc(C)cc(C)c1C(=O)C1CCC(N)CC1. The Morgan fingerprint density at radius 1 is 1.21 bits per heavy atom. The van der Waals surface area contributed by atoms with E-state index in [1.165, 1.54) is 0 Å². The van der Waals surface area contributed by atoms with Crippen LogP contribution in [0.5, 0.6) is 5.75 Å². The molecular weight excluding hydrogens is 238 g/mol. The third kappa shape index (κ3) is 2.98. The Labute approximate surface area is 115 Å². The Bertz CT molecular complexity index is 474. The van der Waals surface area contributed by atoms with E-state index < -0.39 is 0 Å². The molecule has 2 rings (SSSR count). The van der Waals surface area contributed by atoms with Crippen LogP contribution < -0.4 is 10.5 Å². The predicted molar refractivity (Wildman–Crippen MR) is 76.7 cm³/mol. The maximum absolute atomic E-state index is 12.7. The third-order valence-corrected chi connectivity index (χ3v) is 4.05. The smallest absolute Gasteiger partial charge is 0.169 e. The molecular formula is C16H23NO2. The first-order valence-corrected chi connectivity index (χ1v) is 6.98. The molecule has 3 nitrogen and oxygen atoms in total. The van der Waals surface area contributed by atoms with Gasteiger partial charge in [0.05, 0.1) is 12.7 Å². The summed E-state index contributed by atoms with van der Waals surface area (Å²) in [6.07, 6.45) is 3.69. The van der Waals surface area contributed by atoms with E-state index in [1.807, 2.05) is 26.0 Å². The molecule has 1 fully saturated rings. The van der Waals surface area contributed by atoms with E-state index in [0.717, 1.165) is 42.4 Å². The minimum absolute atomic E-state index is 0.107. The fourth-order valence-corrected chi connectivity index (χ4v) is 2.99. The van der Waals surface area contributed by atoms with Gasteiger partial charge in [-0.3, -0.25) is 4.79 Å². The molecule has 1 aliphatic rings. The van der Waals surface area contributed by atoms with Crippen molar-refractivity contribution < 1.29 is 9.53 Å². The highest BCUT2D eigenvalue weighted by atomic mass is 16.5. The summed E-state index contributed by atoms with van der Waals surface area (Å²) in [5, 5.41) is 0. The summed E-state index contributed by atoms with van der Waals surface area (Å²) in [5.74, 6) is 1.04. The lowest BCUT2D eigenvalue weighted by atomic mass is 9.80. The first-order chi connectivity index (χ1) is 9.02. The number of methoxy groups -OCH3 is 1. The normalized spacial score (nSPS) is 23.2. The van der Waals surface area contributed by atoms with Gasteiger partial charge in [0.25, 0.3) is 0 Å². The average molecular weight is 261 g/mol. The number of nitrogens with two attached hydrogens (primary N) is 1. The largest absolute Gasteiger partial charge is 0.496 e. The molecule has 0 bridgehead atoms. The van der Waals surface area contributed by atoms with Gasteiger partial charge < -0.3 is 10.5 Å². The zero-order valence-corrected chi connectivity index (χ0v) is 12.0. The highest BCUT2D eigenvalue weighted by Crippen LogP contribution is 2.32. The standard InChI is InChI=1S/C16H23NO2/c1-10-8-11(2)15(14(9-10)19-3)16(18)12-4-6-13(17)7-5-12/h8-9,12-13H,4-7,17H2,1-3H3. The number of rotatable bonds is 3. The summed E-state index contributed by atoms with van der Waals surface area (Å²) in [7, 11) is 1.63. The number of ketones is 1. The quantitative estimate of drug-likeness (QED) is 0.851. The summed E-state index contributed by atoms with van der Waals surface area (Å²) >= 11 is 0. The summed E-state index contributed by atoms with van der Waals surface area (Å²) < 4.78 is 5.39. The number of carbonyl (C=O) groups excluding carboxylic acids is 1. The zero-order chi connectivity index (χ0) is 14.0. The highest BCUT2D eigenvalue weighted by Gasteiger charge is 2.28. The van der Waals surface area contributed by atoms with Gasteiger partial charge in [0.15, 0.2) is 5.78 Å². The molecule has 0 aliphatic heterocycles. The van der Waals surface area contributed by atoms with Gasteiger partial charge in [-0.2, -0.15) is 0 Å². The van der Waals surface area contributed by atoms with Crippen molar-refractivity contribution >= 4 is 5.78 Å². The molecule has 0 radical (unpaired) electrons. The fraction of sp³-hybridized carbons (Fsp3) is 0.562. The van der Waals surface area contributed by atoms with E-state index in [1.54, 1.807) is 7.11 Å². The second kappa shape index (κ2) is 5.74. The van der Waals surface area contributed by atoms with E-state index in [4.69, 9.17) is 10.5 Å². The van der Waals surface area contributed by atoms with E-state index in [0.29, 0.717) is 5.75 Å². The van der Waals surface area contributed by atoms with Crippen molar-refractivity contribution in [3.05, 3.63) is 28.8 Å². The minimum Gasteiger partial charge on any atom is -0.496 e. The number of aryl methyl sites for hydroxylation is 2. The first-order valence-electron chi connectivity index (χ1n) is 6.98. The topological polar surface area (TPSA) is 52.3 Å². The minimum atomic E-state index is 0.107. The number of hydrogen-bond acceptors (Lipinski definition) is 3. The van der Waals surface area contributed by atoms with Crippen LogP contribution in [0.4, 0.5) is 0 Å². The molecule has 1 aromatic carbocycles. The van der Waals surface area contributed by atoms with Crippen LogP contribution in [0.2, 0.25) is 0 Å².